The molecule has 1 saturated heterocycles. The van der Waals surface area contributed by atoms with Crippen molar-refractivity contribution >= 4 is 11.8 Å². The van der Waals surface area contributed by atoms with Gasteiger partial charge in [0.15, 0.2) is 0 Å². The maximum atomic E-state index is 12.2. The highest BCUT2D eigenvalue weighted by molar-refractivity contribution is 5.88. The van der Waals surface area contributed by atoms with Gasteiger partial charge in [-0.3, -0.25) is 14.5 Å². The van der Waals surface area contributed by atoms with Gasteiger partial charge in [0.1, 0.15) is 11.5 Å². The number of hydrogen-bond acceptors (Lipinski definition) is 5. The van der Waals surface area contributed by atoms with Crippen molar-refractivity contribution in [1.29, 1.82) is 0 Å². The summed E-state index contributed by atoms with van der Waals surface area (Å²) in [5.74, 6) is 1.19. The number of benzene rings is 1. The number of methoxy groups -OCH3 is 2. The first-order chi connectivity index (χ1) is 11.6. The molecule has 1 fully saturated rings. The van der Waals surface area contributed by atoms with E-state index in [4.69, 9.17) is 9.47 Å². The van der Waals surface area contributed by atoms with Crippen molar-refractivity contribution in [2.45, 2.75) is 25.9 Å². The summed E-state index contributed by atoms with van der Waals surface area (Å²) < 4.78 is 10.6. The summed E-state index contributed by atoms with van der Waals surface area (Å²) in [5.41, 5.74) is 0.953. The van der Waals surface area contributed by atoms with E-state index in [1.807, 2.05) is 30.0 Å². The number of ether oxygens (including phenoxy) is 2. The van der Waals surface area contributed by atoms with Gasteiger partial charge in [-0.15, -0.1) is 0 Å². The van der Waals surface area contributed by atoms with Crippen LogP contribution in [0.15, 0.2) is 18.2 Å². The summed E-state index contributed by atoms with van der Waals surface area (Å²) >= 11 is 0. The van der Waals surface area contributed by atoms with Crippen molar-refractivity contribution in [3.63, 3.8) is 0 Å². The fraction of sp³-hybridized carbons (Fsp3) is 0.529. The van der Waals surface area contributed by atoms with Gasteiger partial charge < -0.3 is 20.1 Å². The summed E-state index contributed by atoms with van der Waals surface area (Å²) in [6.45, 7) is 4.21. The molecular weight excluding hydrogens is 310 g/mol. The first-order valence-corrected chi connectivity index (χ1v) is 8.08. The molecule has 7 heteroatoms. The first-order valence-electron chi connectivity index (χ1n) is 8.08. The minimum Gasteiger partial charge on any atom is -0.497 e. The first kappa shape index (κ1) is 18.1. The Bertz CT molecular complexity index is 591. The van der Waals surface area contributed by atoms with Crippen LogP contribution in [0.1, 0.15) is 18.9 Å². The Kier molecular flexibility index (Phi) is 6.43. The molecule has 1 aromatic rings. The highest BCUT2D eigenvalue weighted by Gasteiger charge is 2.31. The molecule has 132 valence electrons. The summed E-state index contributed by atoms with van der Waals surface area (Å²) in [6.07, 6.45) is 0.151. The molecule has 0 bridgehead atoms. The van der Waals surface area contributed by atoms with E-state index in [-0.39, 0.29) is 18.2 Å². The van der Waals surface area contributed by atoms with Crippen molar-refractivity contribution in [3.8, 4) is 11.5 Å². The molecule has 2 rings (SSSR count). The van der Waals surface area contributed by atoms with Gasteiger partial charge >= 0.3 is 0 Å². The van der Waals surface area contributed by atoms with E-state index in [0.29, 0.717) is 37.7 Å². The second kappa shape index (κ2) is 8.54. The van der Waals surface area contributed by atoms with E-state index in [0.717, 1.165) is 5.56 Å². The third kappa shape index (κ3) is 4.38. The van der Waals surface area contributed by atoms with Gasteiger partial charge in [-0.1, -0.05) is 6.07 Å². The van der Waals surface area contributed by atoms with Crippen LogP contribution in [0.5, 0.6) is 11.5 Å². The maximum absolute atomic E-state index is 12.2. The van der Waals surface area contributed by atoms with Crippen LogP contribution < -0.4 is 20.1 Å². The number of rotatable bonds is 7. The Labute approximate surface area is 142 Å². The van der Waals surface area contributed by atoms with E-state index in [1.165, 1.54) is 0 Å². The van der Waals surface area contributed by atoms with Gasteiger partial charge in [0.2, 0.25) is 11.8 Å². The lowest BCUT2D eigenvalue weighted by Gasteiger charge is -2.35. The van der Waals surface area contributed by atoms with Crippen LogP contribution in [0.25, 0.3) is 0 Å². The van der Waals surface area contributed by atoms with Crippen molar-refractivity contribution in [3.05, 3.63) is 23.8 Å². The largest absolute Gasteiger partial charge is 0.497 e. The zero-order chi connectivity index (χ0) is 17.5. The van der Waals surface area contributed by atoms with Crippen LogP contribution in [0, 0.1) is 0 Å². The SMILES string of the molecule is CCNC(=O)C[C@@H]1C(=O)NCCN1Cc1ccc(OC)cc1OC. The number of carbonyl (C=O) groups is 2. The molecule has 24 heavy (non-hydrogen) atoms. The van der Waals surface area contributed by atoms with Gasteiger partial charge in [0.25, 0.3) is 0 Å². The number of nitrogens with one attached hydrogen (secondary N) is 2. The standard InChI is InChI=1S/C17H25N3O4/c1-4-18-16(21)10-14-17(22)19-7-8-20(14)11-12-5-6-13(23-2)9-15(12)24-3/h5-6,9,14H,4,7-8,10-11H2,1-3H3,(H,18,21)(H,19,22)/t14-/m1/s1. The smallest absolute Gasteiger partial charge is 0.237 e. The average molecular weight is 335 g/mol. The monoisotopic (exact) mass is 335 g/mol. The Morgan fingerprint density at radius 2 is 2.17 bits per heavy atom. The van der Waals surface area contributed by atoms with E-state index in [9.17, 15) is 9.59 Å². The predicted octanol–water partition coefficient (Wildman–Crippen LogP) is 0.530. The van der Waals surface area contributed by atoms with Crippen molar-refractivity contribution in [1.82, 2.24) is 15.5 Å². The summed E-state index contributed by atoms with van der Waals surface area (Å²) in [7, 11) is 3.21. The topological polar surface area (TPSA) is 79.9 Å². The lowest BCUT2D eigenvalue weighted by atomic mass is 10.1. The Hall–Kier alpha value is -2.28. The molecular formula is C17H25N3O4. The zero-order valence-electron chi connectivity index (χ0n) is 14.4. The van der Waals surface area contributed by atoms with Gasteiger partial charge in [-0.05, 0) is 13.0 Å². The Morgan fingerprint density at radius 3 is 2.83 bits per heavy atom. The van der Waals surface area contributed by atoms with Crippen LogP contribution in [-0.4, -0.2) is 56.6 Å². The van der Waals surface area contributed by atoms with E-state index in [1.54, 1.807) is 14.2 Å². The minimum atomic E-state index is -0.475. The molecule has 7 nitrogen and oxygen atoms in total. The van der Waals surface area contributed by atoms with Crippen LogP contribution in [0.4, 0.5) is 0 Å². The molecule has 0 radical (unpaired) electrons. The van der Waals surface area contributed by atoms with Crippen molar-refractivity contribution in [2.75, 3.05) is 33.9 Å². The number of hydrogen-bond donors (Lipinski definition) is 2. The lowest BCUT2D eigenvalue weighted by Crippen LogP contribution is -2.56. The maximum Gasteiger partial charge on any atom is 0.237 e. The molecule has 0 unspecified atom stereocenters. The lowest BCUT2D eigenvalue weighted by molar-refractivity contribution is -0.134. The minimum absolute atomic E-state index is 0.111. The number of piperazine rings is 1. The summed E-state index contributed by atoms with van der Waals surface area (Å²) in [6, 6.07) is 5.13. The predicted molar refractivity (Wildman–Crippen MR) is 90.1 cm³/mol. The molecule has 0 spiro atoms. The van der Waals surface area contributed by atoms with E-state index < -0.39 is 6.04 Å². The molecule has 1 aliphatic heterocycles. The molecule has 1 heterocycles. The fourth-order valence-electron chi connectivity index (χ4n) is 2.82. The van der Waals surface area contributed by atoms with Crippen LogP contribution in [-0.2, 0) is 16.1 Å². The molecule has 0 saturated carbocycles. The quantitative estimate of drug-likeness (QED) is 0.760. The second-order valence-corrected chi connectivity index (χ2v) is 5.61. The highest BCUT2D eigenvalue weighted by Crippen LogP contribution is 2.27. The molecule has 2 N–H and O–H groups in total. The number of nitrogens with zero attached hydrogens (tertiary/aromatic N) is 1. The number of amides is 2. The van der Waals surface area contributed by atoms with Crippen LogP contribution >= 0.6 is 0 Å². The molecule has 1 atom stereocenters. The third-order valence-corrected chi connectivity index (χ3v) is 4.06. The van der Waals surface area contributed by atoms with E-state index in [2.05, 4.69) is 10.6 Å². The Morgan fingerprint density at radius 1 is 1.38 bits per heavy atom. The highest BCUT2D eigenvalue weighted by atomic mass is 16.5. The zero-order valence-corrected chi connectivity index (χ0v) is 14.4. The summed E-state index contributed by atoms with van der Waals surface area (Å²) in [4.78, 5) is 26.1. The van der Waals surface area contributed by atoms with E-state index >= 15 is 0 Å². The fourth-order valence-corrected chi connectivity index (χ4v) is 2.82. The van der Waals surface area contributed by atoms with Gasteiger partial charge in [0, 0.05) is 37.8 Å². The average Bonchev–Trinajstić information content (AvgIpc) is 2.58. The molecule has 0 aromatic heterocycles. The third-order valence-electron chi connectivity index (χ3n) is 4.06. The molecule has 1 aliphatic rings. The van der Waals surface area contributed by atoms with Gasteiger partial charge in [-0.25, -0.2) is 0 Å². The molecule has 0 aliphatic carbocycles. The van der Waals surface area contributed by atoms with Crippen molar-refractivity contribution in [2.24, 2.45) is 0 Å². The molecule has 1 aromatic carbocycles. The summed E-state index contributed by atoms with van der Waals surface area (Å²) in [5, 5.41) is 5.58. The molecule has 2 amide bonds. The second-order valence-electron chi connectivity index (χ2n) is 5.61. The normalized spacial score (nSPS) is 18.0. The van der Waals surface area contributed by atoms with Crippen LogP contribution in [0.2, 0.25) is 0 Å². The van der Waals surface area contributed by atoms with Gasteiger partial charge in [-0.2, -0.15) is 0 Å². The Balaban J connectivity index is 2.15. The van der Waals surface area contributed by atoms with Gasteiger partial charge in [0.05, 0.1) is 26.7 Å². The van der Waals surface area contributed by atoms with Crippen LogP contribution in [0.3, 0.4) is 0 Å². The number of carbonyl (C=O) groups excluding carboxylic acids is 2. The van der Waals surface area contributed by atoms with Crippen molar-refractivity contribution < 1.29 is 19.1 Å².